The molecule has 9 heteroatoms. The standard InChI is InChI=1S/C31H34N6O3/c1-19(2)40-28-12-11-24(15-25(28)16-32)31(39)35-26(17-34-30(38)21(4)33)14-22-7-9-23(10-8-22)27-18-37-13-5-6-20(3)29(37)36-27/h5-13,15,18-19,21,26H,14,17,33H2,1-4H3,(H,34,38)(H,35,39)/t21-,26-/m0/s1. The Hall–Kier alpha value is -4.68. The second-order valence-corrected chi connectivity index (χ2v) is 10.1. The van der Waals surface area contributed by atoms with Gasteiger partial charge in [-0.1, -0.05) is 30.3 Å². The molecule has 4 rings (SSSR count). The van der Waals surface area contributed by atoms with Crippen LogP contribution in [0.25, 0.3) is 16.9 Å². The number of carbonyl (C=O) groups is 2. The average Bonchev–Trinajstić information content (AvgIpc) is 3.37. The largest absolute Gasteiger partial charge is 0.490 e. The third kappa shape index (κ3) is 6.84. The fourth-order valence-electron chi connectivity index (χ4n) is 4.33. The summed E-state index contributed by atoms with van der Waals surface area (Å²) in [4.78, 5) is 30.1. The zero-order valence-electron chi connectivity index (χ0n) is 23.1. The van der Waals surface area contributed by atoms with E-state index in [1.807, 2.05) is 74.0 Å². The van der Waals surface area contributed by atoms with E-state index in [2.05, 4.69) is 16.7 Å². The molecule has 0 saturated carbocycles. The number of benzene rings is 2. The van der Waals surface area contributed by atoms with Crippen LogP contribution in [0.4, 0.5) is 0 Å². The molecule has 2 aromatic heterocycles. The maximum Gasteiger partial charge on any atom is 0.251 e. The second-order valence-electron chi connectivity index (χ2n) is 10.1. The van der Waals surface area contributed by atoms with Crippen LogP contribution in [0.5, 0.6) is 5.75 Å². The first kappa shape index (κ1) is 28.3. The minimum Gasteiger partial charge on any atom is -0.490 e. The Labute approximate surface area is 234 Å². The number of rotatable bonds is 10. The van der Waals surface area contributed by atoms with Crippen molar-refractivity contribution in [2.24, 2.45) is 5.73 Å². The van der Waals surface area contributed by atoms with E-state index < -0.39 is 12.1 Å². The Morgan fingerprint density at radius 1 is 1.12 bits per heavy atom. The summed E-state index contributed by atoms with van der Waals surface area (Å²) in [5, 5.41) is 15.3. The van der Waals surface area contributed by atoms with Crippen molar-refractivity contribution in [2.45, 2.75) is 52.3 Å². The molecular formula is C31H34N6O3. The number of nitrogens with zero attached hydrogens (tertiary/aromatic N) is 3. The topological polar surface area (TPSA) is 135 Å². The van der Waals surface area contributed by atoms with Crippen molar-refractivity contribution in [3.63, 3.8) is 0 Å². The molecule has 40 heavy (non-hydrogen) atoms. The molecule has 0 aliphatic carbocycles. The highest BCUT2D eigenvalue weighted by Crippen LogP contribution is 2.23. The van der Waals surface area contributed by atoms with Crippen LogP contribution >= 0.6 is 0 Å². The molecule has 9 nitrogen and oxygen atoms in total. The molecule has 2 aromatic carbocycles. The summed E-state index contributed by atoms with van der Waals surface area (Å²) >= 11 is 0. The van der Waals surface area contributed by atoms with Crippen LogP contribution in [0.1, 0.15) is 47.8 Å². The maximum atomic E-state index is 13.2. The number of hydrogen-bond donors (Lipinski definition) is 3. The van der Waals surface area contributed by atoms with E-state index in [1.165, 1.54) is 6.07 Å². The molecule has 2 heterocycles. The second kappa shape index (κ2) is 12.5. The van der Waals surface area contributed by atoms with Gasteiger partial charge in [-0.05, 0) is 69.5 Å². The summed E-state index contributed by atoms with van der Waals surface area (Å²) < 4.78 is 7.67. The Morgan fingerprint density at radius 2 is 1.88 bits per heavy atom. The molecule has 0 fully saturated rings. The van der Waals surface area contributed by atoms with Gasteiger partial charge in [-0.3, -0.25) is 9.59 Å². The van der Waals surface area contributed by atoms with Gasteiger partial charge in [0.1, 0.15) is 17.5 Å². The van der Waals surface area contributed by atoms with Crippen molar-refractivity contribution < 1.29 is 14.3 Å². The van der Waals surface area contributed by atoms with Gasteiger partial charge in [-0.25, -0.2) is 4.98 Å². The smallest absolute Gasteiger partial charge is 0.251 e. The van der Waals surface area contributed by atoms with Crippen LogP contribution < -0.4 is 21.1 Å². The number of carbonyl (C=O) groups excluding carboxylic acids is 2. The Balaban J connectivity index is 1.51. The number of ether oxygens (including phenoxy) is 1. The SMILES string of the molecule is Cc1cccn2cc(-c3ccc(C[C@@H](CNC(=O)[C@H](C)N)NC(=O)c4ccc(OC(C)C)c(C#N)c4)cc3)nc12. The van der Waals surface area contributed by atoms with E-state index in [-0.39, 0.29) is 30.0 Å². The number of amides is 2. The molecule has 4 aromatic rings. The van der Waals surface area contributed by atoms with Gasteiger partial charge in [-0.2, -0.15) is 5.26 Å². The summed E-state index contributed by atoms with van der Waals surface area (Å²) in [5.74, 6) is -0.237. The quantitative estimate of drug-likeness (QED) is 0.281. The van der Waals surface area contributed by atoms with Gasteiger partial charge in [-0.15, -0.1) is 0 Å². The number of aryl methyl sites for hydroxylation is 1. The molecule has 0 aliphatic rings. The highest BCUT2D eigenvalue weighted by molar-refractivity contribution is 5.95. The normalized spacial score (nSPS) is 12.5. The Bertz CT molecular complexity index is 1550. The minimum atomic E-state index is -0.670. The van der Waals surface area contributed by atoms with Crippen LogP contribution in [0.2, 0.25) is 0 Å². The van der Waals surface area contributed by atoms with Crippen LogP contribution in [0.15, 0.2) is 67.0 Å². The molecule has 0 spiro atoms. The van der Waals surface area contributed by atoms with Gasteiger partial charge in [0.05, 0.1) is 29.4 Å². The number of pyridine rings is 1. The first-order chi connectivity index (χ1) is 19.1. The van der Waals surface area contributed by atoms with E-state index in [1.54, 1.807) is 19.1 Å². The number of nitrogens with two attached hydrogens (primary N) is 1. The van der Waals surface area contributed by atoms with Crippen LogP contribution in [-0.2, 0) is 11.2 Å². The zero-order valence-corrected chi connectivity index (χ0v) is 23.1. The van der Waals surface area contributed by atoms with Gasteiger partial charge in [0.15, 0.2) is 0 Å². The molecule has 0 saturated heterocycles. The third-order valence-electron chi connectivity index (χ3n) is 6.41. The number of hydrogen-bond acceptors (Lipinski definition) is 6. The average molecular weight is 539 g/mol. The van der Waals surface area contributed by atoms with E-state index >= 15 is 0 Å². The molecule has 0 aliphatic heterocycles. The number of nitriles is 1. The summed E-state index contributed by atoms with van der Waals surface area (Å²) in [6, 6.07) is 17.8. The molecule has 206 valence electrons. The van der Waals surface area contributed by atoms with Gasteiger partial charge in [0.25, 0.3) is 5.91 Å². The molecule has 4 N–H and O–H groups in total. The van der Waals surface area contributed by atoms with Crippen molar-refractivity contribution in [3.05, 3.63) is 89.2 Å². The fraction of sp³-hybridized carbons (Fsp3) is 0.290. The highest BCUT2D eigenvalue weighted by atomic mass is 16.5. The Morgan fingerprint density at radius 3 is 2.52 bits per heavy atom. The summed E-state index contributed by atoms with van der Waals surface area (Å²) in [7, 11) is 0. The number of nitrogens with one attached hydrogen (secondary N) is 2. The highest BCUT2D eigenvalue weighted by Gasteiger charge is 2.19. The lowest BCUT2D eigenvalue weighted by Crippen LogP contribution is -2.48. The third-order valence-corrected chi connectivity index (χ3v) is 6.41. The van der Waals surface area contributed by atoms with Crippen LogP contribution in [-0.4, -0.2) is 45.9 Å². The monoisotopic (exact) mass is 538 g/mol. The van der Waals surface area contributed by atoms with E-state index in [9.17, 15) is 14.9 Å². The molecular weight excluding hydrogens is 504 g/mol. The fourth-order valence-corrected chi connectivity index (χ4v) is 4.33. The van der Waals surface area contributed by atoms with E-state index in [4.69, 9.17) is 15.5 Å². The summed E-state index contributed by atoms with van der Waals surface area (Å²) in [6.45, 7) is 7.57. The lowest BCUT2D eigenvalue weighted by atomic mass is 10.0. The van der Waals surface area contributed by atoms with Gasteiger partial charge < -0.3 is 25.5 Å². The lowest BCUT2D eigenvalue weighted by Gasteiger charge is -2.21. The Kier molecular flexibility index (Phi) is 8.82. The van der Waals surface area contributed by atoms with Crippen LogP contribution in [0, 0.1) is 18.3 Å². The van der Waals surface area contributed by atoms with E-state index in [0.717, 1.165) is 28.0 Å². The summed E-state index contributed by atoms with van der Waals surface area (Å²) in [6.07, 6.45) is 4.33. The van der Waals surface area contributed by atoms with Gasteiger partial charge in [0.2, 0.25) is 5.91 Å². The molecule has 0 unspecified atom stereocenters. The molecule has 0 radical (unpaired) electrons. The van der Waals surface area contributed by atoms with Gasteiger partial charge >= 0.3 is 0 Å². The first-order valence-electron chi connectivity index (χ1n) is 13.2. The van der Waals surface area contributed by atoms with Crippen molar-refractivity contribution in [3.8, 4) is 23.1 Å². The van der Waals surface area contributed by atoms with Crippen LogP contribution in [0.3, 0.4) is 0 Å². The number of imidazole rings is 1. The summed E-state index contributed by atoms with van der Waals surface area (Å²) in [5.41, 5.74) is 11.1. The lowest BCUT2D eigenvalue weighted by molar-refractivity contribution is -0.122. The van der Waals surface area contributed by atoms with Crippen molar-refractivity contribution in [2.75, 3.05) is 6.54 Å². The maximum absolute atomic E-state index is 13.2. The van der Waals surface area contributed by atoms with E-state index in [0.29, 0.717) is 17.7 Å². The number of aromatic nitrogens is 2. The first-order valence-corrected chi connectivity index (χ1v) is 13.2. The molecule has 2 amide bonds. The minimum absolute atomic E-state index is 0.104. The van der Waals surface area contributed by atoms with Crippen molar-refractivity contribution in [1.82, 2.24) is 20.0 Å². The predicted octanol–water partition coefficient (Wildman–Crippen LogP) is 3.77. The molecule has 0 bridgehead atoms. The predicted molar refractivity (Wildman–Crippen MR) is 154 cm³/mol. The zero-order chi connectivity index (χ0) is 28.8. The number of fused-ring (bicyclic) bond motifs is 1. The van der Waals surface area contributed by atoms with Crippen molar-refractivity contribution in [1.29, 1.82) is 5.26 Å². The van der Waals surface area contributed by atoms with Crippen molar-refractivity contribution >= 4 is 17.5 Å². The molecule has 2 atom stereocenters. The van der Waals surface area contributed by atoms with Gasteiger partial charge in [0, 0.05) is 30.1 Å².